The summed E-state index contributed by atoms with van der Waals surface area (Å²) in [5.74, 6) is -3.44. The van der Waals surface area contributed by atoms with Crippen LogP contribution in [-0.2, 0) is 10.4 Å². The highest BCUT2D eigenvalue weighted by atomic mass is 16.4. The molecule has 0 aliphatic heterocycles. The Kier molecular flexibility index (Phi) is 8.31. The van der Waals surface area contributed by atoms with E-state index in [4.69, 9.17) is 0 Å². The Bertz CT molecular complexity index is 1080. The van der Waals surface area contributed by atoms with Crippen molar-refractivity contribution in [1.29, 1.82) is 0 Å². The first-order valence-electron chi connectivity index (χ1n) is 12.1. The minimum absolute atomic E-state index is 0.568. The highest BCUT2D eigenvalue weighted by molar-refractivity contribution is 5.73. The van der Waals surface area contributed by atoms with Crippen molar-refractivity contribution in [2.24, 2.45) is 11.3 Å². The van der Waals surface area contributed by atoms with E-state index < -0.39 is 34.9 Å². The van der Waals surface area contributed by atoms with Gasteiger partial charge in [-0.15, -0.1) is 0 Å². The number of aliphatic hydroxyl groups excluding tert-OH is 1. The molecule has 3 aromatic rings. The summed E-state index contributed by atoms with van der Waals surface area (Å²) in [4.78, 5) is 13.0. The van der Waals surface area contributed by atoms with Gasteiger partial charge in [0.2, 0.25) is 0 Å². The number of aliphatic hydroxyl groups is 2. The highest BCUT2D eigenvalue weighted by Gasteiger charge is 2.53. The molecule has 0 saturated carbocycles. The normalized spacial score (nSPS) is 15.3. The van der Waals surface area contributed by atoms with Crippen LogP contribution in [0.4, 0.5) is 0 Å². The number of aliphatic carboxylic acids is 1. The van der Waals surface area contributed by atoms with Crippen LogP contribution in [0.3, 0.4) is 0 Å². The lowest BCUT2D eigenvalue weighted by Crippen LogP contribution is -2.50. The third-order valence-electron chi connectivity index (χ3n) is 7.32. The molecule has 4 nitrogen and oxygen atoms in total. The van der Waals surface area contributed by atoms with Gasteiger partial charge in [0.25, 0.3) is 0 Å². The molecule has 0 fully saturated rings. The SMILES string of the molecule is C/C=C(\CC)C(C)(C)[C@@H](O)C(C(=O)O)[C@@H](c1ccccc1)C(O)(c1ccccc1)c1ccccc1. The molecule has 1 unspecified atom stereocenters. The summed E-state index contributed by atoms with van der Waals surface area (Å²) in [5, 5.41) is 35.1. The first kappa shape index (κ1) is 26.4. The monoisotopic (exact) mass is 472 g/mol. The molecule has 3 atom stereocenters. The minimum atomic E-state index is -1.72. The van der Waals surface area contributed by atoms with Gasteiger partial charge in [0, 0.05) is 11.3 Å². The number of benzene rings is 3. The van der Waals surface area contributed by atoms with E-state index in [0.717, 1.165) is 5.57 Å². The molecule has 3 rings (SSSR count). The van der Waals surface area contributed by atoms with Gasteiger partial charge >= 0.3 is 5.97 Å². The summed E-state index contributed by atoms with van der Waals surface area (Å²) in [6, 6.07) is 27.4. The zero-order valence-corrected chi connectivity index (χ0v) is 20.9. The van der Waals surface area contributed by atoms with Crippen molar-refractivity contribution in [1.82, 2.24) is 0 Å². The minimum Gasteiger partial charge on any atom is -0.481 e. The Morgan fingerprint density at radius 3 is 1.66 bits per heavy atom. The van der Waals surface area contributed by atoms with Crippen LogP contribution in [-0.4, -0.2) is 27.4 Å². The molecule has 0 radical (unpaired) electrons. The third-order valence-corrected chi connectivity index (χ3v) is 7.32. The van der Waals surface area contributed by atoms with Gasteiger partial charge in [-0.3, -0.25) is 4.79 Å². The quantitative estimate of drug-likeness (QED) is 0.309. The molecular formula is C31H36O4. The van der Waals surface area contributed by atoms with Crippen LogP contribution in [0, 0.1) is 11.3 Å². The number of rotatable bonds is 10. The topological polar surface area (TPSA) is 77.8 Å². The summed E-state index contributed by atoms with van der Waals surface area (Å²) in [7, 11) is 0. The zero-order chi connectivity index (χ0) is 25.6. The molecule has 0 bridgehead atoms. The largest absolute Gasteiger partial charge is 0.481 e. The summed E-state index contributed by atoms with van der Waals surface area (Å²) in [6.07, 6.45) is 1.36. The van der Waals surface area contributed by atoms with Crippen LogP contribution in [0.5, 0.6) is 0 Å². The lowest BCUT2D eigenvalue weighted by molar-refractivity contribution is -0.154. The first-order chi connectivity index (χ1) is 16.7. The molecule has 0 heterocycles. The van der Waals surface area contributed by atoms with E-state index >= 15 is 0 Å². The van der Waals surface area contributed by atoms with Crippen molar-refractivity contribution >= 4 is 5.97 Å². The Hall–Kier alpha value is -3.21. The van der Waals surface area contributed by atoms with Gasteiger partial charge in [-0.1, -0.05) is 123 Å². The molecule has 0 spiro atoms. The zero-order valence-electron chi connectivity index (χ0n) is 20.9. The molecule has 0 aromatic heterocycles. The standard InChI is InChI=1S/C31H36O4/c1-5-23(6-2)30(3,4)28(32)26(29(33)34)27(22-16-10-7-11-17-22)31(35,24-18-12-8-13-19-24)25-20-14-9-15-21-25/h5,7-21,26-28,32,35H,6H2,1-4H3,(H,33,34)/b23-5+/t26?,27-,28+/m1/s1. The van der Waals surface area contributed by atoms with Gasteiger partial charge in [-0.05, 0) is 30.0 Å². The molecule has 0 amide bonds. The van der Waals surface area contributed by atoms with Crippen LogP contribution in [0.2, 0.25) is 0 Å². The fourth-order valence-electron chi connectivity index (χ4n) is 5.41. The van der Waals surface area contributed by atoms with E-state index in [1.165, 1.54) is 0 Å². The summed E-state index contributed by atoms with van der Waals surface area (Å²) in [5.41, 5.74) is 0.200. The van der Waals surface area contributed by atoms with Gasteiger partial charge in [0.05, 0.1) is 12.0 Å². The van der Waals surface area contributed by atoms with Gasteiger partial charge in [0.15, 0.2) is 0 Å². The average Bonchev–Trinajstić information content (AvgIpc) is 2.88. The fraction of sp³-hybridized carbons (Fsp3) is 0.323. The van der Waals surface area contributed by atoms with Crippen LogP contribution < -0.4 is 0 Å². The lowest BCUT2D eigenvalue weighted by atomic mass is 9.61. The Balaban J connectivity index is 2.36. The Morgan fingerprint density at radius 2 is 1.29 bits per heavy atom. The fourth-order valence-corrected chi connectivity index (χ4v) is 5.41. The van der Waals surface area contributed by atoms with E-state index in [2.05, 4.69) is 0 Å². The molecule has 0 saturated heterocycles. The Morgan fingerprint density at radius 1 is 0.857 bits per heavy atom. The number of hydrogen-bond donors (Lipinski definition) is 3. The lowest BCUT2D eigenvalue weighted by Gasteiger charge is -2.45. The van der Waals surface area contributed by atoms with E-state index in [-0.39, 0.29) is 0 Å². The second kappa shape index (κ2) is 11.0. The van der Waals surface area contributed by atoms with Crippen LogP contribution in [0.1, 0.15) is 56.7 Å². The van der Waals surface area contributed by atoms with Crippen LogP contribution in [0.15, 0.2) is 103 Å². The predicted molar refractivity (Wildman–Crippen MR) is 140 cm³/mol. The molecule has 0 aliphatic rings. The molecular weight excluding hydrogens is 436 g/mol. The number of carboxylic acids is 1. The molecule has 35 heavy (non-hydrogen) atoms. The van der Waals surface area contributed by atoms with E-state index in [1.807, 2.05) is 125 Å². The van der Waals surface area contributed by atoms with Crippen molar-refractivity contribution in [3.63, 3.8) is 0 Å². The summed E-state index contributed by atoms with van der Waals surface area (Å²) in [6.45, 7) is 7.65. The van der Waals surface area contributed by atoms with E-state index in [1.54, 1.807) is 0 Å². The van der Waals surface area contributed by atoms with Crippen molar-refractivity contribution in [2.75, 3.05) is 0 Å². The van der Waals surface area contributed by atoms with Crippen molar-refractivity contribution in [3.05, 3.63) is 119 Å². The maximum absolute atomic E-state index is 13.0. The average molecular weight is 473 g/mol. The summed E-state index contributed by atoms with van der Waals surface area (Å²) < 4.78 is 0. The van der Waals surface area contributed by atoms with Gasteiger partial charge in [0.1, 0.15) is 5.60 Å². The molecule has 3 N–H and O–H groups in total. The van der Waals surface area contributed by atoms with Crippen molar-refractivity contribution < 1.29 is 20.1 Å². The second-order valence-corrected chi connectivity index (χ2v) is 9.58. The van der Waals surface area contributed by atoms with Crippen molar-refractivity contribution in [2.45, 2.75) is 51.7 Å². The Labute approximate surface area is 208 Å². The number of hydrogen-bond acceptors (Lipinski definition) is 3. The van der Waals surface area contributed by atoms with E-state index in [0.29, 0.717) is 23.1 Å². The van der Waals surface area contributed by atoms with Crippen LogP contribution >= 0.6 is 0 Å². The molecule has 4 heteroatoms. The number of allylic oxidation sites excluding steroid dienone is 1. The smallest absolute Gasteiger partial charge is 0.309 e. The van der Waals surface area contributed by atoms with Gasteiger partial charge in [-0.2, -0.15) is 0 Å². The van der Waals surface area contributed by atoms with Crippen LogP contribution in [0.25, 0.3) is 0 Å². The number of carboxylic acid groups (broad SMARTS) is 1. The maximum Gasteiger partial charge on any atom is 0.309 e. The van der Waals surface area contributed by atoms with Crippen molar-refractivity contribution in [3.8, 4) is 0 Å². The number of carbonyl (C=O) groups is 1. The summed E-state index contributed by atoms with van der Waals surface area (Å²) >= 11 is 0. The maximum atomic E-state index is 13.0. The van der Waals surface area contributed by atoms with Gasteiger partial charge < -0.3 is 15.3 Å². The molecule has 184 valence electrons. The molecule has 0 aliphatic carbocycles. The van der Waals surface area contributed by atoms with Gasteiger partial charge in [-0.25, -0.2) is 0 Å². The first-order valence-corrected chi connectivity index (χ1v) is 12.1. The molecule has 3 aromatic carbocycles. The second-order valence-electron chi connectivity index (χ2n) is 9.58. The highest BCUT2D eigenvalue weighted by Crippen LogP contribution is 2.50. The predicted octanol–water partition coefficient (Wildman–Crippen LogP) is 6.15. The third kappa shape index (κ3) is 5.09. The van der Waals surface area contributed by atoms with E-state index in [9.17, 15) is 20.1 Å².